The van der Waals surface area contributed by atoms with Gasteiger partial charge in [0.25, 0.3) is 5.91 Å². The lowest BCUT2D eigenvalue weighted by Gasteiger charge is -2.23. The molecule has 0 radical (unpaired) electrons. The molecule has 19 heavy (non-hydrogen) atoms. The maximum absolute atomic E-state index is 13.3. The van der Waals surface area contributed by atoms with E-state index in [0.29, 0.717) is 0 Å². The van der Waals surface area contributed by atoms with Crippen LogP contribution in [0.1, 0.15) is 24.2 Å². The number of nitrogens with zero attached hydrogens (tertiary/aromatic N) is 1. The molecule has 0 aliphatic heterocycles. The lowest BCUT2D eigenvalue weighted by Crippen LogP contribution is -2.38. The highest BCUT2D eigenvalue weighted by Crippen LogP contribution is 2.18. The summed E-state index contributed by atoms with van der Waals surface area (Å²) in [7, 11) is 0. The topological polar surface area (TPSA) is 83.6 Å². The first-order valence-electron chi connectivity index (χ1n) is 5.88. The number of carbonyl (C=O) groups is 2. The molecule has 0 saturated heterocycles. The number of hydrogen-bond donors (Lipinski definition) is 2. The molecule has 0 heterocycles. The van der Waals surface area contributed by atoms with Crippen LogP contribution in [0.3, 0.4) is 0 Å². The molecule has 1 aromatic carbocycles. The van der Waals surface area contributed by atoms with E-state index in [9.17, 15) is 14.0 Å². The van der Waals surface area contributed by atoms with Crippen molar-refractivity contribution in [2.45, 2.75) is 13.8 Å². The first kappa shape index (κ1) is 14.9. The van der Waals surface area contributed by atoms with Gasteiger partial charge in [-0.15, -0.1) is 0 Å². The van der Waals surface area contributed by atoms with Gasteiger partial charge in [-0.1, -0.05) is 19.9 Å². The van der Waals surface area contributed by atoms with Crippen LogP contribution in [-0.4, -0.2) is 35.0 Å². The number of carbonyl (C=O) groups excluding carboxylic acids is 1. The number of carboxylic acid groups (broad SMARTS) is 1. The molecule has 0 fully saturated rings. The number of carboxylic acids is 1. The second-order valence-electron chi connectivity index (χ2n) is 4.67. The van der Waals surface area contributed by atoms with E-state index in [1.807, 2.05) is 13.8 Å². The number of para-hydroxylation sites is 1. The number of nitrogens with two attached hydrogens (primary N) is 1. The summed E-state index contributed by atoms with van der Waals surface area (Å²) in [4.78, 5) is 24.1. The average molecular weight is 268 g/mol. The summed E-state index contributed by atoms with van der Waals surface area (Å²) >= 11 is 0. The van der Waals surface area contributed by atoms with Gasteiger partial charge in [0.05, 0.1) is 11.3 Å². The van der Waals surface area contributed by atoms with Crippen LogP contribution >= 0.6 is 0 Å². The summed E-state index contributed by atoms with van der Waals surface area (Å²) in [6, 6.07) is 3.90. The van der Waals surface area contributed by atoms with Gasteiger partial charge in [0.2, 0.25) is 0 Å². The molecule has 5 nitrogen and oxygen atoms in total. The van der Waals surface area contributed by atoms with E-state index in [1.54, 1.807) is 0 Å². The van der Waals surface area contributed by atoms with Gasteiger partial charge in [0, 0.05) is 6.54 Å². The molecule has 0 aliphatic carbocycles. The Bertz CT molecular complexity index is 489. The van der Waals surface area contributed by atoms with E-state index in [4.69, 9.17) is 10.8 Å². The van der Waals surface area contributed by atoms with Gasteiger partial charge in [-0.3, -0.25) is 9.59 Å². The minimum atomic E-state index is -1.12. The first-order valence-corrected chi connectivity index (χ1v) is 5.88. The maximum Gasteiger partial charge on any atom is 0.323 e. The second kappa shape index (κ2) is 6.17. The summed E-state index contributed by atoms with van der Waals surface area (Å²) in [5.74, 6) is -2.29. The van der Waals surface area contributed by atoms with Gasteiger partial charge in [-0.2, -0.15) is 0 Å². The van der Waals surface area contributed by atoms with Crippen LogP contribution < -0.4 is 5.73 Å². The van der Waals surface area contributed by atoms with Crippen molar-refractivity contribution in [1.82, 2.24) is 4.90 Å². The smallest absolute Gasteiger partial charge is 0.323 e. The van der Waals surface area contributed by atoms with Crippen molar-refractivity contribution in [2.75, 3.05) is 18.8 Å². The van der Waals surface area contributed by atoms with Gasteiger partial charge < -0.3 is 15.7 Å². The van der Waals surface area contributed by atoms with Crippen molar-refractivity contribution in [3.8, 4) is 0 Å². The van der Waals surface area contributed by atoms with Crippen LogP contribution in [0.2, 0.25) is 0 Å². The molecule has 0 saturated carbocycles. The number of benzene rings is 1. The molecule has 0 atom stereocenters. The molecule has 1 amide bonds. The predicted octanol–water partition coefficient (Wildman–Crippen LogP) is 1.59. The van der Waals surface area contributed by atoms with Gasteiger partial charge in [0.15, 0.2) is 0 Å². The molecule has 0 aromatic heterocycles. The number of aliphatic carboxylic acids is 1. The number of rotatable bonds is 5. The Morgan fingerprint density at radius 2 is 2.05 bits per heavy atom. The third kappa shape index (κ3) is 3.94. The highest BCUT2D eigenvalue weighted by molar-refractivity contribution is 6.00. The van der Waals surface area contributed by atoms with Crippen LogP contribution in [0.5, 0.6) is 0 Å². The van der Waals surface area contributed by atoms with Crippen molar-refractivity contribution < 1.29 is 19.1 Å². The number of amides is 1. The summed E-state index contributed by atoms with van der Waals surface area (Å²) in [6.07, 6.45) is 0. The Morgan fingerprint density at radius 3 is 2.58 bits per heavy atom. The number of hydrogen-bond acceptors (Lipinski definition) is 3. The van der Waals surface area contributed by atoms with E-state index in [1.165, 1.54) is 12.1 Å². The van der Waals surface area contributed by atoms with E-state index in [2.05, 4.69) is 0 Å². The molecular weight excluding hydrogens is 251 g/mol. The van der Waals surface area contributed by atoms with Crippen LogP contribution in [0.4, 0.5) is 10.1 Å². The van der Waals surface area contributed by atoms with Crippen LogP contribution in [0.25, 0.3) is 0 Å². The van der Waals surface area contributed by atoms with Crippen molar-refractivity contribution >= 4 is 17.6 Å². The summed E-state index contributed by atoms with van der Waals surface area (Å²) in [5.41, 5.74) is 5.24. The highest BCUT2D eigenvalue weighted by Gasteiger charge is 2.22. The number of halogens is 1. The SMILES string of the molecule is CC(C)CN(CC(=O)O)C(=O)c1cccc(F)c1N. The first-order chi connectivity index (χ1) is 8.82. The van der Waals surface area contributed by atoms with Crippen LogP contribution in [-0.2, 0) is 4.79 Å². The van der Waals surface area contributed by atoms with Crippen molar-refractivity contribution in [1.29, 1.82) is 0 Å². The monoisotopic (exact) mass is 268 g/mol. The predicted molar refractivity (Wildman–Crippen MR) is 69.2 cm³/mol. The summed E-state index contributed by atoms with van der Waals surface area (Å²) in [5, 5.41) is 8.82. The normalized spacial score (nSPS) is 10.5. The highest BCUT2D eigenvalue weighted by atomic mass is 19.1. The second-order valence-corrected chi connectivity index (χ2v) is 4.67. The summed E-state index contributed by atoms with van der Waals surface area (Å²) in [6.45, 7) is 3.54. The molecule has 104 valence electrons. The Labute approximate surface area is 110 Å². The van der Waals surface area contributed by atoms with Crippen molar-refractivity contribution in [3.63, 3.8) is 0 Å². The lowest BCUT2D eigenvalue weighted by molar-refractivity contribution is -0.137. The largest absolute Gasteiger partial charge is 0.480 e. The van der Waals surface area contributed by atoms with Gasteiger partial charge in [-0.05, 0) is 18.1 Å². The Morgan fingerprint density at radius 1 is 1.42 bits per heavy atom. The fourth-order valence-electron chi connectivity index (χ4n) is 1.72. The Hall–Kier alpha value is -2.11. The average Bonchev–Trinajstić information content (AvgIpc) is 2.30. The fraction of sp³-hybridized carbons (Fsp3) is 0.385. The minimum absolute atomic E-state index is 0.0121. The third-order valence-corrected chi connectivity index (χ3v) is 2.48. The van der Waals surface area contributed by atoms with E-state index < -0.39 is 24.2 Å². The Kier molecular flexibility index (Phi) is 4.86. The maximum atomic E-state index is 13.3. The molecule has 3 N–H and O–H groups in total. The molecule has 0 aliphatic rings. The minimum Gasteiger partial charge on any atom is -0.480 e. The zero-order chi connectivity index (χ0) is 14.6. The summed E-state index contributed by atoms with van der Waals surface area (Å²) < 4.78 is 13.3. The Balaban J connectivity index is 3.04. The number of anilines is 1. The molecule has 6 heteroatoms. The van der Waals surface area contributed by atoms with Crippen molar-refractivity contribution in [3.05, 3.63) is 29.6 Å². The van der Waals surface area contributed by atoms with Crippen LogP contribution in [0, 0.1) is 11.7 Å². The van der Waals surface area contributed by atoms with Crippen molar-refractivity contribution in [2.24, 2.45) is 5.92 Å². The molecule has 0 unspecified atom stereocenters. The lowest BCUT2D eigenvalue weighted by atomic mass is 10.1. The van der Waals surface area contributed by atoms with E-state index >= 15 is 0 Å². The molecule has 1 aromatic rings. The zero-order valence-electron chi connectivity index (χ0n) is 10.9. The van der Waals surface area contributed by atoms with Gasteiger partial charge in [0.1, 0.15) is 12.4 Å². The standard InChI is InChI=1S/C13H17FN2O3/c1-8(2)6-16(7-11(17)18)13(19)9-4-3-5-10(14)12(9)15/h3-5,8H,6-7,15H2,1-2H3,(H,17,18). The van der Waals surface area contributed by atoms with Gasteiger partial charge in [-0.25, -0.2) is 4.39 Å². The quantitative estimate of drug-likeness (QED) is 0.794. The van der Waals surface area contributed by atoms with E-state index in [0.717, 1.165) is 11.0 Å². The fourth-order valence-corrected chi connectivity index (χ4v) is 1.72. The third-order valence-electron chi connectivity index (χ3n) is 2.48. The molecule has 0 bridgehead atoms. The zero-order valence-corrected chi connectivity index (χ0v) is 10.9. The van der Waals surface area contributed by atoms with E-state index in [-0.39, 0.29) is 23.7 Å². The number of nitrogen functional groups attached to an aromatic ring is 1. The van der Waals surface area contributed by atoms with Gasteiger partial charge >= 0.3 is 5.97 Å². The molecule has 1 rings (SSSR count). The van der Waals surface area contributed by atoms with Crippen LogP contribution in [0.15, 0.2) is 18.2 Å². The molecular formula is C13H17FN2O3. The molecule has 0 spiro atoms.